The predicted molar refractivity (Wildman–Crippen MR) is 129 cm³/mol. The van der Waals surface area contributed by atoms with Gasteiger partial charge in [0.15, 0.2) is 16.5 Å². The normalized spacial score (nSPS) is 13.0. The molecule has 3 aromatic carbocycles. The van der Waals surface area contributed by atoms with Gasteiger partial charge in [0.25, 0.3) is 5.56 Å². The van der Waals surface area contributed by atoms with E-state index in [4.69, 9.17) is 9.47 Å². The van der Waals surface area contributed by atoms with Crippen molar-refractivity contribution >= 4 is 33.4 Å². The zero-order valence-electron chi connectivity index (χ0n) is 17.8. The van der Waals surface area contributed by atoms with Crippen molar-refractivity contribution in [3.05, 3.63) is 98.8 Å². The van der Waals surface area contributed by atoms with Crippen LogP contribution >= 0.6 is 11.3 Å². The van der Waals surface area contributed by atoms with Crippen LogP contribution in [0.4, 0.5) is 0 Å². The maximum absolute atomic E-state index is 13.0. The smallest absolute Gasteiger partial charge is 0.274 e. The molecule has 0 N–H and O–H groups in total. The summed E-state index contributed by atoms with van der Waals surface area (Å²) in [5.74, 6) is 1.33. The number of ether oxygens (including phenoxy) is 2. The standard InChI is InChI=1S/C26H22N2O3S/c1-3-30-23-15-18(13-14-22(23)31-17(2)19-9-5-4-6-10-19)16-24-25(29)28-21-12-8-7-11-20(21)27-26(28)32-24/h4-17H,3H2,1-2H3/b24-16-/t17-/m1/s1. The minimum absolute atomic E-state index is 0.0605. The Kier molecular flexibility index (Phi) is 5.37. The molecule has 0 saturated carbocycles. The average molecular weight is 443 g/mol. The molecule has 0 spiro atoms. The first kappa shape index (κ1) is 20.3. The summed E-state index contributed by atoms with van der Waals surface area (Å²) in [4.78, 5) is 18.3. The molecule has 0 saturated heterocycles. The molecule has 5 aromatic rings. The van der Waals surface area contributed by atoms with Crippen LogP contribution in [0.1, 0.15) is 31.1 Å². The first-order chi connectivity index (χ1) is 15.6. The third-order valence-electron chi connectivity index (χ3n) is 5.28. The average Bonchev–Trinajstić information content (AvgIpc) is 3.32. The maximum Gasteiger partial charge on any atom is 0.274 e. The Bertz CT molecular complexity index is 1510. The van der Waals surface area contributed by atoms with Crippen LogP contribution in [0.3, 0.4) is 0 Å². The van der Waals surface area contributed by atoms with E-state index in [0.717, 1.165) is 22.2 Å². The molecule has 5 rings (SSSR count). The van der Waals surface area contributed by atoms with E-state index in [1.807, 2.05) is 92.7 Å². The van der Waals surface area contributed by atoms with Gasteiger partial charge in [-0.15, -0.1) is 0 Å². The lowest BCUT2D eigenvalue weighted by Gasteiger charge is -2.18. The summed E-state index contributed by atoms with van der Waals surface area (Å²) >= 11 is 1.39. The molecule has 32 heavy (non-hydrogen) atoms. The molecule has 0 aliphatic carbocycles. The zero-order valence-corrected chi connectivity index (χ0v) is 18.6. The summed E-state index contributed by atoms with van der Waals surface area (Å²) in [6, 6.07) is 23.5. The van der Waals surface area contributed by atoms with Crippen molar-refractivity contribution in [3.8, 4) is 11.5 Å². The van der Waals surface area contributed by atoms with Gasteiger partial charge in [0.2, 0.25) is 0 Å². The quantitative estimate of drug-likeness (QED) is 0.372. The van der Waals surface area contributed by atoms with Gasteiger partial charge in [-0.05, 0) is 55.3 Å². The van der Waals surface area contributed by atoms with Crippen LogP contribution in [0, 0.1) is 0 Å². The SMILES string of the molecule is CCOc1cc(/C=c2\sc3nc4ccccc4n3c2=O)ccc1O[C@H](C)c1ccccc1. The molecule has 5 nitrogen and oxygen atoms in total. The Labute approximate surface area is 189 Å². The number of hydrogen-bond donors (Lipinski definition) is 0. The summed E-state index contributed by atoms with van der Waals surface area (Å²) in [6.45, 7) is 4.47. The van der Waals surface area contributed by atoms with Crippen molar-refractivity contribution in [2.45, 2.75) is 20.0 Å². The monoisotopic (exact) mass is 442 g/mol. The number of hydrogen-bond acceptors (Lipinski definition) is 5. The molecule has 0 bridgehead atoms. The highest BCUT2D eigenvalue weighted by molar-refractivity contribution is 7.15. The van der Waals surface area contributed by atoms with Gasteiger partial charge in [0, 0.05) is 0 Å². The molecule has 6 heteroatoms. The molecule has 0 unspecified atom stereocenters. The molecule has 0 radical (unpaired) electrons. The van der Waals surface area contributed by atoms with Crippen LogP contribution in [-0.4, -0.2) is 16.0 Å². The van der Waals surface area contributed by atoms with Gasteiger partial charge in [-0.3, -0.25) is 4.79 Å². The fourth-order valence-electron chi connectivity index (χ4n) is 3.73. The molecule has 0 fully saturated rings. The Morgan fingerprint density at radius 2 is 1.81 bits per heavy atom. The second-order valence-electron chi connectivity index (χ2n) is 7.44. The zero-order chi connectivity index (χ0) is 22.1. The van der Waals surface area contributed by atoms with Crippen molar-refractivity contribution in [1.82, 2.24) is 9.38 Å². The number of benzene rings is 3. The van der Waals surface area contributed by atoms with Gasteiger partial charge < -0.3 is 9.47 Å². The number of thiazole rings is 1. The Balaban J connectivity index is 1.51. The highest BCUT2D eigenvalue weighted by Gasteiger charge is 2.13. The van der Waals surface area contributed by atoms with Crippen molar-refractivity contribution in [2.24, 2.45) is 0 Å². The maximum atomic E-state index is 13.0. The Morgan fingerprint density at radius 3 is 2.62 bits per heavy atom. The predicted octanol–water partition coefficient (Wildman–Crippen LogP) is 5.00. The topological polar surface area (TPSA) is 52.8 Å². The van der Waals surface area contributed by atoms with E-state index in [1.165, 1.54) is 11.3 Å². The lowest BCUT2D eigenvalue weighted by Crippen LogP contribution is -2.22. The van der Waals surface area contributed by atoms with Gasteiger partial charge in [-0.1, -0.05) is 59.9 Å². The fraction of sp³-hybridized carbons (Fsp3) is 0.154. The van der Waals surface area contributed by atoms with Gasteiger partial charge in [0.05, 0.1) is 22.2 Å². The lowest BCUT2D eigenvalue weighted by atomic mass is 10.1. The van der Waals surface area contributed by atoms with E-state index < -0.39 is 0 Å². The molecule has 160 valence electrons. The molecule has 0 amide bonds. The lowest BCUT2D eigenvalue weighted by molar-refractivity contribution is 0.211. The molecule has 2 heterocycles. The Hall–Kier alpha value is -3.64. The van der Waals surface area contributed by atoms with Crippen molar-refractivity contribution in [3.63, 3.8) is 0 Å². The minimum atomic E-state index is -0.114. The minimum Gasteiger partial charge on any atom is -0.490 e. The molecule has 2 aromatic heterocycles. The largest absolute Gasteiger partial charge is 0.490 e. The van der Waals surface area contributed by atoms with Gasteiger partial charge in [0.1, 0.15) is 6.10 Å². The van der Waals surface area contributed by atoms with E-state index in [-0.39, 0.29) is 11.7 Å². The number of fused-ring (bicyclic) bond motifs is 3. The van der Waals surface area contributed by atoms with E-state index in [0.29, 0.717) is 27.6 Å². The first-order valence-corrected chi connectivity index (χ1v) is 11.4. The molecule has 0 aliphatic heterocycles. The summed E-state index contributed by atoms with van der Waals surface area (Å²) in [5, 5.41) is 0. The van der Waals surface area contributed by atoms with E-state index in [2.05, 4.69) is 4.98 Å². The number of nitrogens with zero attached hydrogens (tertiary/aromatic N) is 2. The number of aromatic nitrogens is 2. The second-order valence-corrected chi connectivity index (χ2v) is 8.45. The molecule has 1 atom stereocenters. The van der Waals surface area contributed by atoms with Crippen molar-refractivity contribution in [1.29, 1.82) is 0 Å². The van der Waals surface area contributed by atoms with E-state index >= 15 is 0 Å². The number of para-hydroxylation sites is 2. The van der Waals surface area contributed by atoms with Crippen LogP contribution in [-0.2, 0) is 0 Å². The summed E-state index contributed by atoms with van der Waals surface area (Å²) in [6.07, 6.45) is 1.76. The fourth-order valence-corrected chi connectivity index (χ4v) is 4.71. The van der Waals surface area contributed by atoms with Crippen LogP contribution in [0.5, 0.6) is 11.5 Å². The third kappa shape index (κ3) is 3.74. The van der Waals surface area contributed by atoms with Crippen molar-refractivity contribution in [2.75, 3.05) is 6.61 Å². The van der Waals surface area contributed by atoms with Crippen LogP contribution in [0.25, 0.3) is 22.1 Å². The van der Waals surface area contributed by atoms with Crippen molar-refractivity contribution < 1.29 is 9.47 Å². The summed E-state index contributed by atoms with van der Waals surface area (Å²) in [5.41, 5.74) is 3.57. The number of rotatable bonds is 6. The highest BCUT2D eigenvalue weighted by atomic mass is 32.1. The van der Waals surface area contributed by atoms with Gasteiger partial charge in [-0.2, -0.15) is 0 Å². The Morgan fingerprint density at radius 1 is 1.03 bits per heavy atom. The first-order valence-electron chi connectivity index (χ1n) is 10.5. The summed E-state index contributed by atoms with van der Waals surface area (Å²) in [7, 11) is 0. The summed E-state index contributed by atoms with van der Waals surface area (Å²) < 4.78 is 14.3. The third-order valence-corrected chi connectivity index (χ3v) is 6.25. The molecule has 0 aliphatic rings. The second kappa shape index (κ2) is 8.48. The molecular formula is C26H22N2O3S. The van der Waals surface area contributed by atoms with Crippen LogP contribution in [0.2, 0.25) is 0 Å². The van der Waals surface area contributed by atoms with Crippen LogP contribution in [0.15, 0.2) is 77.6 Å². The highest BCUT2D eigenvalue weighted by Crippen LogP contribution is 2.32. The van der Waals surface area contributed by atoms with E-state index in [1.54, 1.807) is 4.40 Å². The number of imidazole rings is 1. The van der Waals surface area contributed by atoms with Gasteiger partial charge >= 0.3 is 0 Å². The molecular weight excluding hydrogens is 420 g/mol. The van der Waals surface area contributed by atoms with E-state index in [9.17, 15) is 4.79 Å². The van der Waals surface area contributed by atoms with Crippen LogP contribution < -0.4 is 19.6 Å². The van der Waals surface area contributed by atoms with Gasteiger partial charge in [-0.25, -0.2) is 9.38 Å².